The number of ether oxygens (including phenoxy) is 1. The molecule has 0 unspecified atom stereocenters. The third kappa shape index (κ3) is 4.80. The van der Waals surface area contributed by atoms with Gasteiger partial charge in [-0.05, 0) is 23.8 Å². The molecule has 0 spiro atoms. The van der Waals surface area contributed by atoms with E-state index in [1.807, 2.05) is 0 Å². The van der Waals surface area contributed by atoms with Gasteiger partial charge in [-0.3, -0.25) is 19.7 Å². The Morgan fingerprint density at radius 3 is 2.61 bits per heavy atom. The molecule has 0 saturated carbocycles. The van der Waals surface area contributed by atoms with Crippen LogP contribution in [0.2, 0.25) is 0 Å². The Labute approximate surface area is 161 Å². The van der Waals surface area contributed by atoms with E-state index in [4.69, 9.17) is 4.74 Å². The monoisotopic (exact) mass is 381 g/mol. The lowest BCUT2D eigenvalue weighted by Gasteiger charge is -2.27. The maximum atomic E-state index is 12.7. The fourth-order valence-corrected chi connectivity index (χ4v) is 2.80. The summed E-state index contributed by atoms with van der Waals surface area (Å²) in [5.41, 5.74) is 1.29. The normalized spacial score (nSPS) is 14.1. The van der Waals surface area contributed by atoms with Crippen molar-refractivity contribution in [1.29, 1.82) is 0 Å². The summed E-state index contributed by atoms with van der Waals surface area (Å²) in [7, 11) is 0. The Morgan fingerprint density at radius 2 is 1.86 bits per heavy atom. The number of nitro groups is 1. The molecule has 1 heterocycles. The van der Waals surface area contributed by atoms with Crippen LogP contribution in [0.3, 0.4) is 0 Å². The summed E-state index contributed by atoms with van der Waals surface area (Å²) in [4.78, 5) is 37.0. The molecule has 1 saturated heterocycles. The molecule has 8 heteroatoms. The SMILES string of the molecule is O=C(/C=C/c1cccc([N+](=O)[O-])c1)Nc1ccccc1C(=O)N1CCOCC1. The highest BCUT2D eigenvalue weighted by Gasteiger charge is 2.21. The van der Waals surface area contributed by atoms with Gasteiger partial charge in [0.05, 0.1) is 29.4 Å². The number of hydrogen-bond donors (Lipinski definition) is 1. The van der Waals surface area contributed by atoms with Gasteiger partial charge < -0.3 is 15.0 Å². The van der Waals surface area contributed by atoms with Crippen LogP contribution in [0, 0.1) is 10.1 Å². The number of amides is 2. The third-order valence-corrected chi connectivity index (χ3v) is 4.22. The number of nitro benzene ring substituents is 1. The molecule has 0 aromatic heterocycles. The minimum Gasteiger partial charge on any atom is -0.378 e. The predicted octanol–water partition coefficient (Wildman–Crippen LogP) is 2.72. The maximum absolute atomic E-state index is 12.7. The zero-order chi connectivity index (χ0) is 19.9. The summed E-state index contributed by atoms with van der Waals surface area (Å²) >= 11 is 0. The summed E-state index contributed by atoms with van der Waals surface area (Å²) < 4.78 is 5.26. The Balaban J connectivity index is 1.71. The molecule has 1 fully saturated rings. The Kier molecular flexibility index (Phi) is 6.13. The molecule has 0 radical (unpaired) electrons. The van der Waals surface area contributed by atoms with Crippen molar-refractivity contribution in [3.8, 4) is 0 Å². The average molecular weight is 381 g/mol. The first-order chi connectivity index (χ1) is 13.5. The second-order valence-corrected chi connectivity index (χ2v) is 6.12. The minimum absolute atomic E-state index is 0.0518. The predicted molar refractivity (Wildman–Crippen MR) is 104 cm³/mol. The van der Waals surface area contributed by atoms with Gasteiger partial charge in [-0.2, -0.15) is 0 Å². The van der Waals surface area contributed by atoms with E-state index in [-0.39, 0.29) is 11.6 Å². The van der Waals surface area contributed by atoms with Crippen molar-refractivity contribution in [1.82, 2.24) is 4.90 Å². The van der Waals surface area contributed by atoms with Gasteiger partial charge in [-0.15, -0.1) is 0 Å². The molecular formula is C20H19N3O5. The number of para-hydroxylation sites is 1. The van der Waals surface area contributed by atoms with Gasteiger partial charge in [0, 0.05) is 31.3 Å². The Morgan fingerprint density at radius 1 is 1.11 bits per heavy atom. The first kappa shape index (κ1) is 19.2. The zero-order valence-corrected chi connectivity index (χ0v) is 15.0. The van der Waals surface area contributed by atoms with Gasteiger partial charge in [0.25, 0.3) is 11.6 Å². The number of carbonyl (C=O) groups excluding carboxylic acids is 2. The molecule has 2 aromatic carbocycles. The number of nitrogens with zero attached hydrogens (tertiary/aromatic N) is 2. The summed E-state index contributed by atoms with van der Waals surface area (Å²) in [6, 6.07) is 12.8. The number of benzene rings is 2. The molecule has 1 aliphatic heterocycles. The summed E-state index contributed by atoms with van der Waals surface area (Å²) in [5, 5.41) is 13.5. The van der Waals surface area contributed by atoms with E-state index in [2.05, 4.69) is 5.32 Å². The van der Waals surface area contributed by atoms with Crippen molar-refractivity contribution < 1.29 is 19.2 Å². The van der Waals surface area contributed by atoms with Crippen LogP contribution in [0.1, 0.15) is 15.9 Å². The highest BCUT2D eigenvalue weighted by Crippen LogP contribution is 2.19. The van der Waals surface area contributed by atoms with Crippen LogP contribution in [0.15, 0.2) is 54.6 Å². The molecule has 0 atom stereocenters. The zero-order valence-electron chi connectivity index (χ0n) is 15.0. The average Bonchev–Trinajstić information content (AvgIpc) is 2.73. The number of morpholine rings is 1. The quantitative estimate of drug-likeness (QED) is 0.487. The number of non-ortho nitro benzene ring substituents is 1. The van der Waals surface area contributed by atoms with Crippen molar-refractivity contribution in [2.24, 2.45) is 0 Å². The second-order valence-electron chi connectivity index (χ2n) is 6.12. The van der Waals surface area contributed by atoms with Crippen molar-refractivity contribution in [3.05, 3.63) is 75.8 Å². The van der Waals surface area contributed by atoms with Gasteiger partial charge in [0.1, 0.15) is 0 Å². The van der Waals surface area contributed by atoms with Gasteiger partial charge in [0.15, 0.2) is 0 Å². The van der Waals surface area contributed by atoms with Gasteiger partial charge in [0.2, 0.25) is 5.91 Å². The van der Waals surface area contributed by atoms with Gasteiger partial charge in [-0.1, -0.05) is 24.3 Å². The molecular weight excluding hydrogens is 362 g/mol. The van der Waals surface area contributed by atoms with E-state index in [0.717, 1.165) is 0 Å². The number of rotatable bonds is 5. The van der Waals surface area contributed by atoms with Crippen molar-refractivity contribution in [3.63, 3.8) is 0 Å². The van der Waals surface area contributed by atoms with E-state index >= 15 is 0 Å². The van der Waals surface area contributed by atoms with Crippen LogP contribution in [-0.4, -0.2) is 47.9 Å². The molecule has 2 aromatic rings. The van der Waals surface area contributed by atoms with E-state index in [1.165, 1.54) is 24.3 Å². The van der Waals surface area contributed by atoms with Crippen LogP contribution in [0.25, 0.3) is 6.08 Å². The molecule has 1 N–H and O–H groups in total. The lowest BCUT2D eigenvalue weighted by Crippen LogP contribution is -2.41. The lowest BCUT2D eigenvalue weighted by molar-refractivity contribution is -0.384. The largest absolute Gasteiger partial charge is 0.378 e. The van der Waals surface area contributed by atoms with Gasteiger partial charge in [-0.25, -0.2) is 0 Å². The Hall–Kier alpha value is -3.52. The molecule has 2 amide bonds. The smallest absolute Gasteiger partial charge is 0.270 e. The second kappa shape index (κ2) is 8.92. The fraction of sp³-hybridized carbons (Fsp3) is 0.200. The molecule has 144 valence electrons. The van der Waals surface area contributed by atoms with Crippen LogP contribution in [-0.2, 0) is 9.53 Å². The highest BCUT2D eigenvalue weighted by molar-refractivity contribution is 6.07. The van der Waals surface area contributed by atoms with Crippen molar-refractivity contribution in [2.45, 2.75) is 0 Å². The molecule has 0 aliphatic carbocycles. The lowest BCUT2D eigenvalue weighted by atomic mass is 10.1. The molecule has 28 heavy (non-hydrogen) atoms. The van der Waals surface area contributed by atoms with Crippen LogP contribution >= 0.6 is 0 Å². The topological polar surface area (TPSA) is 102 Å². The molecule has 3 rings (SSSR count). The van der Waals surface area contributed by atoms with Crippen molar-refractivity contribution >= 4 is 29.3 Å². The van der Waals surface area contributed by atoms with E-state index in [0.29, 0.717) is 43.1 Å². The van der Waals surface area contributed by atoms with Crippen LogP contribution in [0.5, 0.6) is 0 Å². The third-order valence-electron chi connectivity index (χ3n) is 4.22. The van der Waals surface area contributed by atoms with E-state index in [1.54, 1.807) is 41.3 Å². The number of carbonyl (C=O) groups is 2. The Bertz CT molecular complexity index is 920. The summed E-state index contributed by atoms with van der Waals surface area (Å²) in [6.45, 7) is 2.00. The summed E-state index contributed by atoms with van der Waals surface area (Å²) in [6.07, 6.45) is 2.75. The summed E-state index contributed by atoms with van der Waals surface area (Å²) in [5.74, 6) is -0.601. The maximum Gasteiger partial charge on any atom is 0.270 e. The first-order valence-electron chi connectivity index (χ1n) is 8.74. The van der Waals surface area contributed by atoms with Gasteiger partial charge >= 0.3 is 0 Å². The molecule has 8 nitrogen and oxygen atoms in total. The minimum atomic E-state index is -0.495. The number of hydrogen-bond acceptors (Lipinski definition) is 5. The van der Waals surface area contributed by atoms with Crippen molar-refractivity contribution in [2.75, 3.05) is 31.6 Å². The number of anilines is 1. The van der Waals surface area contributed by atoms with E-state index < -0.39 is 10.8 Å². The molecule has 0 bridgehead atoms. The fourth-order valence-electron chi connectivity index (χ4n) is 2.80. The number of nitrogens with one attached hydrogen (secondary N) is 1. The van der Waals surface area contributed by atoms with Crippen LogP contribution in [0.4, 0.5) is 11.4 Å². The highest BCUT2D eigenvalue weighted by atomic mass is 16.6. The molecule has 1 aliphatic rings. The van der Waals surface area contributed by atoms with Crippen LogP contribution < -0.4 is 5.32 Å². The first-order valence-corrected chi connectivity index (χ1v) is 8.74. The van der Waals surface area contributed by atoms with E-state index in [9.17, 15) is 19.7 Å². The standard InChI is InChI=1S/C20H19N3O5/c24-19(9-8-15-4-3-5-16(14-15)23(26)27)21-18-7-2-1-6-17(18)20(25)22-10-12-28-13-11-22/h1-9,14H,10-13H2,(H,21,24)/b9-8+.